The number of nitrogens with zero attached hydrogens (tertiary/aromatic N) is 1. The van der Waals surface area contributed by atoms with Crippen LogP contribution in [0.5, 0.6) is 5.75 Å². The van der Waals surface area contributed by atoms with Gasteiger partial charge in [0.1, 0.15) is 11.8 Å². The second kappa shape index (κ2) is 7.53. The smallest absolute Gasteiger partial charge is 0.174 e. The van der Waals surface area contributed by atoms with E-state index in [2.05, 4.69) is 12.2 Å². The third-order valence-corrected chi connectivity index (χ3v) is 2.14. The average molecular weight is 234 g/mol. The van der Waals surface area contributed by atoms with Crippen LogP contribution in [0.3, 0.4) is 0 Å². The van der Waals surface area contributed by atoms with E-state index in [0.29, 0.717) is 12.4 Å². The van der Waals surface area contributed by atoms with Crippen molar-refractivity contribution in [3.05, 3.63) is 24.3 Å². The highest BCUT2D eigenvalue weighted by atomic mass is 16.5. The quantitative estimate of drug-likeness (QED) is 0.787. The maximum atomic E-state index is 8.38. The molecule has 4 nitrogen and oxygen atoms in total. The fourth-order valence-corrected chi connectivity index (χ4v) is 1.38. The number of ether oxygens (including phenoxy) is 2. The summed E-state index contributed by atoms with van der Waals surface area (Å²) in [6.45, 7) is 5.54. The normalized spacial score (nSPS) is 11.6. The number of benzene rings is 1. The Kier molecular flexibility index (Phi) is 5.91. The van der Waals surface area contributed by atoms with Gasteiger partial charge >= 0.3 is 0 Å². The number of nitrogens with one attached hydrogen (secondary N) is 1. The fourth-order valence-electron chi connectivity index (χ4n) is 1.38. The Hall–Kier alpha value is -1.73. The van der Waals surface area contributed by atoms with Crippen molar-refractivity contribution < 1.29 is 9.47 Å². The largest absolute Gasteiger partial charge is 0.479 e. The van der Waals surface area contributed by atoms with Crippen LogP contribution in [-0.4, -0.2) is 25.9 Å². The van der Waals surface area contributed by atoms with Crippen LogP contribution in [0.2, 0.25) is 0 Å². The van der Waals surface area contributed by atoms with Crippen molar-refractivity contribution in [3.8, 4) is 11.8 Å². The monoisotopic (exact) mass is 234 g/mol. The van der Waals surface area contributed by atoms with Gasteiger partial charge in [-0.3, -0.25) is 0 Å². The zero-order valence-electron chi connectivity index (χ0n) is 10.3. The lowest BCUT2D eigenvalue weighted by atomic mass is 10.2. The van der Waals surface area contributed by atoms with Crippen molar-refractivity contribution in [1.29, 1.82) is 5.26 Å². The zero-order valence-corrected chi connectivity index (χ0v) is 10.3. The first-order valence-corrected chi connectivity index (χ1v) is 5.70. The number of hydrogen-bond donors (Lipinski definition) is 1. The number of nitriles is 1. The van der Waals surface area contributed by atoms with Crippen LogP contribution in [0, 0.1) is 11.3 Å². The van der Waals surface area contributed by atoms with Crippen molar-refractivity contribution in [3.63, 3.8) is 0 Å². The molecule has 0 amide bonds. The summed E-state index contributed by atoms with van der Waals surface area (Å²) in [4.78, 5) is 0. The first-order valence-electron chi connectivity index (χ1n) is 5.70. The first-order chi connectivity index (χ1) is 8.26. The molecule has 1 N–H and O–H groups in total. The molecule has 0 radical (unpaired) electrons. The van der Waals surface area contributed by atoms with Gasteiger partial charge < -0.3 is 14.8 Å². The Morgan fingerprint density at radius 1 is 1.35 bits per heavy atom. The van der Waals surface area contributed by atoms with E-state index in [1.54, 1.807) is 0 Å². The van der Waals surface area contributed by atoms with Gasteiger partial charge in [0.05, 0.1) is 6.61 Å². The standard InChI is InChI=1S/C13H18N2O2/c1-3-16-10-11(2)15-12-4-6-13(7-5-12)17-9-8-14/h4-7,11,15H,3,9-10H2,1-2H3. The molecule has 0 aliphatic heterocycles. The van der Waals surface area contributed by atoms with E-state index < -0.39 is 0 Å². The molecule has 1 atom stereocenters. The van der Waals surface area contributed by atoms with Gasteiger partial charge in [-0.15, -0.1) is 0 Å². The summed E-state index contributed by atoms with van der Waals surface area (Å²) in [5, 5.41) is 11.7. The van der Waals surface area contributed by atoms with E-state index in [-0.39, 0.29) is 12.6 Å². The minimum atomic E-state index is 0.0769. The van der Waals surface area contributed by atoms with Crippen molar-refractivity contribution in [2.75, 3.05) is 25.1 Å². The summed E-state index contributed by atoms with van der Waals surface area (Å²) in [5.74, 6) is 0.703. The topological polar surface area (TPSA) is 54.3 Å². The van der Waals surface area contributed by atoms with Crippen LogP contribution in [0.25, 0.3) is 0 Å². The van der Waals surface area contributed by atoms with Gasteiger partial charge in [-0.05, 0) is 38.1 Å². The highest BCUT2D eigenvalue weighted by Crippen LogP contribution is 2.16. The van der Waals surface area contributed by atoms with Crippen molar-refractivity contribution >= 4 is 5.69 Å². The molecule has 0 bridgehead atoms. The predicted molar refractivity (Wildman–Crippen MR) is 67.1 cm³/mol. The highest BCUT2D eigenvalue weighted by molar-refractivity contribution is 5.47. The van der Waals surface area contributed by atoms with Gasteiger partial charge in [-0.1, -0.05) is 0 Å². The third-order valence-electron chi connectivity index (χ3n) is 2.14. The Morgan fingerprint density at radius 3 is 2.65 bits per heavy atom. The van der Waals surface area contributed by atoms with E-state index in [0.717, 1.165) is 12.3 Å². The van der Waals surface area contributed by atoms with Crippen LogP contribution in [-0.2, 0) is 4.74 Å². The highest BCUT2D eigenvalue weighted by Gasteiger charge is 2.01. The number of anilines is 1. The molecule has 0 aromatic heterocycles. The van der Waals surface area contributed by atoms with Crippen molar-refractivity contribution in [2.45, 2.75) is 19.9 Å². The zero-order chi connectivity index (χ0) is 12.5. The summed E-state index contributed by atoms with van der Waals surface area (Å²) >= 11 is 0. The molecule has 92 valence electrons. The Morgan fingerprint density at radius 2 is 2.06 bits per heavy atom. The molecule has 4 heteroatoms. The first kappa shape index (κ1) is 13.3. The van der Waals surface area contributed by atoms with Gasteiger partial charge in [0, 0.05) is 18.3 Å². The van der Waals surface area contributed by atoms with E-state index >= 15 is 0 Å². The fraction of sp³-hybridized carbons (Fsp3) is 0.462. The van der Waals surface area contributed by atoms with Crippen molar-refractivity contribution in [1.82, 2.24) is 0 Å². The molecule has 0 spiro atoms. The number of hydrogen-bond acceptors (Lipinski definition) is 4. The molecule has 0 aliphatic rings. The Balaban J connectivity index is 2.42. The molecule has 0 saturated heterocycles. The van der Waals surface area contributed by atoms with Gasteiger partial charge in [-0.2, -0.15) is 5.26 Å². The lowest BCUT2D eigenvalue weighted by Crippen LogP contribution is -2.21. The van der Waals surface area contributed by atoms with Gasteiger partial charge in [0.2, 0.25) is 0 Å². The van der Waals surface area contributed by atoms with Gasteiger partial charge in [0.15, 0.2) is 6.61 Å². The molecule has 1 aromatic rings. The van der Waals surface area contributed by atoms with Crippen LogP contribution >= 0.6 is 0 Å². The second-order valence-corrected chi connectivity index (χ2v) is 3.68. The predicted octanol–water partition coefficient (Wildman–Crippen LogP) is 2.43. The van der Waals surface area contributed by atoms with Crippen LogP contribution < -0.4 is 10.1 Å². The van der Waals surface area contributed by atoms with Crippen molar-refractivity contribution in [2.24, 2.45) is 0 Å². The minimum Gasteiger partial charge on any atom is -0.479 e. The second-order valence-electron chi connectivity index (χ2n) is 3.68. The SMILES string of the molecule is CCOCC(C)Nc1ccc(OCC#N)cc1. The summed E-state index contributed by atoms with van der Waals surface area (Å²) in [7, 11) is 0. The van der Waals surface area contributed by atoms with Gasteiger partial charge in [0.25, 0.3) is 0 Å². The Bertz CT molecular complexity index is 357. The Labute approximate surface area is 102 Å². The number of rotatable bonds is 7. The lowest BCUT2D eigenvalue weighted by molar-refractivity contribution is 0.141. The molecule has 17 heavy (non-hydrogen) atoms. The molecule has 0 heterocycles. The summed E-state index contributed by atoms with van der Waals surface area (Å²) in [6, 6.07) is 9.73. The molecule has 0 fully saturated rings. The molecular formula is C13H18N2O2. The van der Waals surface area contributed by atoms with Crippen LogP contribution in [0.1, 0.15) is 13.8 Å². The molecule has 0 saturated carbocycles. The summed E-state index contributed by atoms with van der Waals surface area (Å²) in [6.07, 6.45) is 0. The van der Waals surface area contributed by atoms with Crippen LogP contribution in [0.15, 0.2) is 24.3 Å². The summed E-state index contributed by atoms with van der Waals surface area (Å²) < 4.78 is 10.5. The maximum Gasteiger partial charge on any atom is 0.174 e. The maximum absolute atomic E-state index is 8.38. The third kappa shape index (κ3) is 5.23. The van der Waals surface area contributed by atoms with E-state index in [1.165, 1.54) is 0 Å². The molecule has 1 rings (SSSR count). The van der Waals surface area contributed by atoms with E-state index in [9.17, 15) is 0 Å². The van der Waals surface area contributed by atoms with E-state index in [1.807, 2.05) is 37.3 Å². The minimum absolute atomic E-state index is 0.0769. The average Bonchev–Trinajstić information content (AvgIpc) is 2.35. The summed E-state index contributed by atoms with van der Waals surface area (Å²) in [5.41, 5.74) is 1.02. The molecule has 1 aromatic carbocycles. The molecule has 0 aliphatic carbocycles. The van der Waals surface area contributed by atoms with Crippen LogP contribution in [0.4, 0.5) is 5.69 Å². The lowest BCUT2D eigenvalue weighted by Gasteiger charge is -2.15. The molecule has 1 unspecified atom stereocenters. The molecular weight excluding hydrogens is 216 g/mol. The van der Waals surface area contributed by atoms with E-state index in [4.69, 9.17) is 14.7 Å². The van der Waals surface area contributed by atoms with Gasteiger partial charge in [-0.25, -0.2) is 0 Å².